The fourth-order valence-electron chi connectivity index (χ4n) is 4.30. The highest BCUT2D eigenvalue weighted by molar-refractivity contribution is 6.45. The molecule has 4 rings (SSSR count). The van der Waals surface area contributed by atoms with Crippen LogP contribution < -0.4 is 10.2 Å². The van der Waals surface area contributed by atoms with Crippen molar-refractivity contribution < 1.29 is 14.4 Å². The molecule has 1 N–H and O–H groups in total. The molecular formula is C25H28N4O3. The topological polar surface area (TPSA) is 73.0 Å². The van der Waals surface area contributed by atoms with E-state index in [1.54, 1.807) is 24.3 Å². The molecule has 0 atom stereocenters. The van der Waals surface area contributed by atoms with Gasteiger partial charge < -0.3 is 15.1 Å². The van der Waals surface area contributed by atoms with Gasteiger partial charge in [0.05, 0.1) is 11.3 Å². The molecule has 2 aromatic rings. The van der Waals surface area contributed by atoms with Gasteiger partial charge in [0.15, 0.2) is 0 Å². The van der Waals surface area contributed by atoms with Gasteiger partial charge in [0.25, 0.3) is 11.8 Å². The first-order chi connectivity index (χ1) is 15.3. The Bertz CT molecular complexity index is 1110. The highest BCUT2D eigenvalue weighted by Crippen LogP contribution is 2.36. The first-order valence-electron chi connectivity index (χ1n) is 10.8. The number of benzene rings is 2. The lowest BCUT2D eigenvalue weighted by atomic mass is 10.0. The molecule has 166 valence electrons. The van der Waals surface area contributed by atoms with Gasteiger partial charge in [-0.05, 0) is 50.2 Å². The van der Waals surface area contributed by atoms with Crippen LogP contribution in [0.5, 0.6) is 0 Å². The van der Waals surface area contributed by atoms with Gasteiger partial charge in [0.2, 0.25) is 5.91 Å². The highest BCUT2D eigenvalue weighted by atomic mass is 16.2. The van der Waals surface area contributed by atoms with E-state index in [9.17, 15) is 14.4 Å². The van der Waals surface area contributed by atoms with E-state index in [0.29, 0.717) is 41.3 Å². The molecular weight excluding hydrogens is 404 g/mol. The average Bonchev–Trinajstić information content (AvgIpc) is 2.99. The third kappa shape index (κ3) is 4.03. The lowest BCUT2D eigenvalue weighted by Gasteiger charge is -2.34. The summed E-state index contributed by atoms with van der Waals surface area (Å²) in [6.07, 6.45) is 0. The van der Waals surface area contributed by atoms with Crippen molar-refractivity contribution in [3.8, 4) is 0 Å². The van der Waals surface area contributed by atoms with Gasteiger partial charge in [-0.15, -0.1) is 0 Å². The third-order valence-electron chi connectivity index (χ3n) is 5.97. The Morgan fingerprint density at radius 2 is 1.56 bits per heavy atom. The van der Waals surface area contributed by atoms with E-state index >= 15 is 0 Å². The lowest BCUT2D eigenvalue weighted by molar-refractivity contribution is -0.121. The molecule has 2 aromatic carbocycles. The maximum absolute atomic E-state index is 13.7. The predicted octanol–water partition coefficient (Wildman–Crippen LogP) is 2.79. The summed E-state index contributed by atoms with van der Waals surface area (Å²) in [5, 5.41) is 2.74. The molecule has 2 heterocycles. The molecule has 2 aliphatic rings. The van der Waals surface area contributed by atoms with E-state index in [1.807, 2.05) is 36.9 Å². The molecule has 0 spiro atoms. The van der Waals surface area contributed by atoms with Crippen molar-refractivity contribution in [1.29, 1.82) is 0 Å². The standard InChI is InChI=1S/C25H28N4O3/c1-16-5-10-21(17(2)15-16)29-24(31)22(19-6-8-20(9-7-19)26-18(3)30)23(25(29)32)28-13-11-27(4)12-14-28/h5-10,15H,11-14H2,1-4H3,(H,26,30). The van der Waals surface area contributed by atoms with Crippen molar-refractivity contribution in [2.75, 3.05) is 43.4 Å². The number of carbonyl (C=O) groups excluding carboxylic acids is 3. The van der Waals surface area contributed by atoms with Crippen LogP contribution in [0.3, 0.4) is 0 Å². The number of nitrogens with one attached hydrogen (secondary N) is 1. The zero-order valence-electron chi connectivity index (χ0n) is 18.9. The summed E-state index contributed by atoms with van der Waals surface area (Å²) in [5.74, 6) is -0.765. The SMILES string of the molecule is CC(=O)Nc1ccc(C2=C(N3CCN(C)CC3)C(=O)N(c3ccc(C)cc3C)C2=O)cc1. The van der Waals surface area contributed by atoms with Crippen molar-refractivity contribution in [2.45, 2.75) is 20.8 Å². The van der Waals surface area contributed by atoms with E-state index in [4.69, 9.17) is 0 Å². The number of hydrogen-bond donors (Lipinski definition) is 1. The van der Waals surface area contributed by atoms with Gasteiger partial charge >= 0.3 is 0 Å². The molecule has 0 unspecified atom stereocenters. The number of imide groups is 1. The largest absolute Gasteiger partial charge is 0.364 e. The Labute approximate surface area is 188 Å². The Morgan fingerprint density at radius 1 is 0.906 bits per heavy atom. The maximum Gasteiger partial charge on any atom is 0.282 e. The summed E-state index contributed by atoms with van der Waals surface area (Å²) < 4.78 is 0. The van der Waals surface area contributed by atoms with Crippen LogP contribution in [0.25, 0.3) is 5.57 Å². The van der Waals surface area contributed by atoms with Crippen LogP contribution in [0.15, 0.2) is 48.2 Å². The Morgan fingerprint density at radius 3 is 2.16 bits per heavy atom. The van der Waals surface area contributed by atoms with Crippen LogP contribution in [0.2, 0.25) is 0 Å². The van der Waals surface area contributed by atoms with Crippen LogP contribution in [-0.2, 0) is 14.4 Å². The minimum Gasteiger partial charge on any atom is -0.364 e. The van der Waals surface area contributed by atoms with E-state index in [1.165, 1.54) is 11.8 Å². The molecule has 0 aliphatic carbocycles. The van der Waals surface area contributed by atoms with Crippen molar-refractivity contribution in [1.82, 2.24) is 9.80 Å². The zero-order chi connectivity index (χ0) is 23.0. The normalized spacial score (nSPS) is 17.4. The Kier molecular flexibility index (Phi) is 5.84. The zero-order valence-corrected chi connectivity index (χ0v) is 18.9. The number of carbonyl (C=O) groups is 3. The first-order valence-corrected chi connectivity index (χ1v) is 10.8. The Balaban J connectivity index is 1.78. The molecule has 7 heteroatoms. The molecule has 0 bridgehead atoms. The van der Waals surface area contributed by atoms with Crippen LogP contribution in [0, 0.1) is 13.8 Å². The smallest absolute Gasteiger partial charge is 0.282 e. The molecule has 0 radical (unpaired) electrons. The second kappa shape index (κ2) is 8.59. The van der Waals surface area contributed by atoms with Gasteiger partial charge in [-0.1, -0.05) is 29.8 Å². The predicted molar refractivity (Wildman–Crippen MR) is 125 cm³/mol. The molecule has 0 saturated carbocycles. The molecule has 1 fully saturated rings. The molecule has 0 aromatic heterocycles. The summed E-state index contributed by atoms with van der Waals surface area (Å²) in [7, 11) is 2.05. The number of rotatable bonds is 4. The van der Waals surface area contributed by atoms with Gasteiger partial charge in [-0.2, -0.15) is 0 Å². The van der Waals surface area contributed by atoms with Crippen molar-refractivity contribution >= 4 is 34.7 Å². The van der Waals surface area contributed by atoms with Gasteiger partial charge in [0.1, 0.15) is 5.70 Å². The number of likely N-dealkylation sites (N-methyl/N-ethyl adjacent to an activating group) is 1. The monoisotopic (exact) mass is 432 g/mol. The van der Waals surface area contributed by atoms with Gasteiger partial charge in [-0.3, -0.25) is 14.4 Å². The first kappa shape index (κ1) is 21.8. The summed E-state index contributed by atoms with van der Waals surface area (Å²) in [4.78, 5) is 44.2. The maximum atomic E-state index is 13.7. The van der Waals surface area contributed by atoms with E-state index in [-0.39, 0.29) is 17.7 Å². The van der Waals surface area contributed by atoms with Crippen LogP contribution in [0.1, 0.15) is 23.6 Å². The third-order valence-corrected chi connectivity index (χ3v) is 5.97. The molecule has 1 saturated heterocycles. The summed E-state index contributed by atoms with van der Waals surface area (Å²) in [6, 6.07) is 12.8. The van der Waals surface area contributed by atoms with Crippen LogP contribution in [0.4, 0.5) is 11.4 Å². The second-order valence-corrected chi connectivity index (χ2v) is 8.51. The fraction of sp³-hybridized carbons (Fsp3) is 0.320. The second-order valence-electron chi connectivity index (χ2n) is 8.51. The van der Waals surface area contributed by atoms with E-state index in [0.717, 1.165) is 24.2 Å². The Hall–Kier alpha value is -3.45. The fourth-order valence-corrected chi connectivity index (χ4v) is 4.30. The molecule has 7 nitrogen and oxygen atoms in total. The number of piperazine rings is 1. The van der Waals surface area contributed by atoms with Gasteiger partial charge in [-0.25, -0.2) is 4.90 Å². The van der Waals surface area contributed by atoms with Crippen molar-refractivity contribution in [3.63, 3.8) is 0 Å². The summed E-state index contributed by atoms with van der Waals surface area (Å²) in [5.41, 5.74) is 4.74. The van der Waals surface area contributed by atoms with Crippen LogP contribution >= 0.6 is 0 Å². The van der Waals surface area contributed by atoms with Crippen LogP contribution in [-0.4, -0.2) is 60.7 Å². The number of aryl methyl sites for hydroxylation is 2. The minimum absolute atomic E-state index is 0.164. The highest BCUT2D eigenvalue weighted by Gasteiger charge is 2.43. The number of hydrogen-bond acceptors (Lipinski definition) is 5. The molecule has 3 amide bonds. The average molecular weight is 433 g/mol. The van der Waals surface area contributed by atoms with Gasteiger partial charge in [0, 0.05) is 38.8 Å². The van der Waals surface area contributed by atoms with E-state index in [2.05, 4.69) is 17.3 Å². The minimum atomic E-state index is -0.317. The number of amides is 3. The number of nitrogens with zero attached hydrogens (tertiary/aromatic N) is 3. The lowest BCUT2D eigenvalue weighted by Crippen LogP contribution is -2.46. The summed E-state index contributed by atoms with van der Waals surface area (Å²) in [6.45, 7) is 8.35. The quantitative estimate of drug-likeness (QED) is 0.753. The van der Waals surface area contributed by atoms with Crippen molar-refractivity contribution in [3.05, 3.63) is 64.9 Å². The van der Waals surface area contributed by atoms with E-state index < -0.39 is 0 Å². The number of anilines is 2. The summed E-state index contributed by atoms with van der Waals surface area (Å²) >= 11 is 0. The molecule has 2 aliphatic heterocycles. The molecule has 32 heavy (non-hydrogen) atoms. The van der Waals surface area contributed by atoms with Crippen molar-refractivity contribution in [2.24, 2.45) is 0 Å².